The molecule has 0 aliphatic carbocycles. The van der Waals surface area contributed by atoms with Crippen LogP contribution in [0.15, 0.2) is 17.0 Å². The third kappa shape index (κ3) is 3.27. The van der Waals surface area contributed by atoms with Crippen molar-refractivity contribution in [3.05, 3.63) is 29.1 Å². The summed E-state index contributed by atoms with van der Waals surface area (Å²) in [5.41, 5.74) is 0.863. The van der Waals surface area contributed by atoms with E-state index in [1.807, 2.05) is 0 Å². The van der Waals surface area contributed by atoms with Crippen LogP contribution in [-0.2, 0) is 10.0 Å². The minimum atomic E-state index is -3.66. The van der Waals surface area contributed by atoms with Gasteiger partial charge in [0.25, 0.3) is 0 Å². The van der Waals surface area contributed by atoms with Gasteiger partial charge in [0, 0.05) is 19.2 Å². The highest BCUT2D eigenvalue weighted by molar-refractivity contribution is 7.89. The first-order valence-electron chi connectivity index (χ1n) is 7.27. The molecule has 118 valence electrons. The maximum absolute atomic E-state index is 13.4. The van der Waals surface area contributed by atoms with Crippen molar-refractivity contribution in [2.45, 2.75) is 50.5 Å². The van der Waals surface area contributed by atoms with Gasteiger partial charge in [-0.3, -0.25) is 0 Å². The number of aliphatic hydroxyl groups excluding tert-OH is 1. The summed E-state index contributed by atoms with van der Waals surface area (Å²) < 4.78 is 40.8. The van der Waals surface area contributed by atoms with Gasteiger partial charge in [0.05, 0.1) is 4.90 Å². The van der Waals surface area contributed by atoms with E-state index in [9.17, 15) is 12.8 Å². The molecule has 1 aliphatic rings. The molecule has 21 heavy (non-hydrogen) atoms. The molecule has 0 spiro atoms. The summed E-state index contributed by atoms with van der Waals surface area (Å²) in [4.78, 5) is 0.203. The number of benzene rings is 1. The lowest BCUT2D eigenvalue weighted by molar-refractivity contribution is 0.192. The molecular weight excluding hydrogens is 293 g/mol. The van der Waals surface area contributed by atoms with E-state index in [0.29, 0.717) is 24.1 Å². The Morgan fingerprint density at radius 1 is 1.29 bits per heavy atom. The molecule has 1 unspecified atom stereocenters. The van der Waals surface area contributed by atoms with Crippen LogP contribution in [0.1, 0.15) is 36.8 Å². The van der Waals surface area contributed by atoms with Gasteiger partial charge < -0.3 is 5.11 Å². The van der Waals surface area contributed by atoms with Gasteiger partial charge in [-0.15, -0.1) is 0 Å². The van der Waals surface area contributed by atoms with Crippen LogP contribution in [-0.4, -0.2) is 37.0 Å². The van der Waals surface area contributed by atoms with E-state index in [0.717, 1.165) is 19.3 Å². The highest BCUT2D eigenvalue weighted by Gasteiger charge is 2.34. The highest BCUT2D eigenvalue weighted by atomic mass is 32.2. The van der Waals surface area contributed by atoms with Gasteiger partial charge in [0.2, 0.25) is 10.0 Å². The molecule has 2 rings (SSSR count). The number of piperidine rings is 1. The summed E-state index contributed by atoms with van der Waals surface area (Å²) >= 11 is 0. The topological polar surface area (TPSA) is 57.6 Å². The number of halogens is 1. The summed E-state index contributed by atoms with van der Waals surface area (Å²) in [5, 5.41) is 9.15. The van der Waals surface area contributed by atoms with Crippen molar-refractivity contribution in [2.75, 3.05) is 13.2 Å². The van der Waals surface area contributed by atoms with Crippen molar-refractivity contribution in [3.63, 3.8) is 0 Å². The Bertz CT molecular complexity index is 590. The smallest absolute Gasteiger partial charge is 0.243 e. The summed E-state index contributed by atoms with van der Waals surface area (Å²) in [6, 6.07) is 2.34. The molecule has 0 bridgehead atoms. The Labute approximate surface area is 125 Å². The number of hydrogen-bond acceptors (Lipinski definition) is 3. The molecule has 1 fully saturated rings. The van der Waals surface area contributed by atoms with Crippen LogP contribution in [0.3, 0.4) is 0 Å². The summed E-state index contributed by atoms with van der Waals surface area (Å²) in [6.07, 6.45) is 3.00. The van der Waals surface area contributed by atoms with Crippen molar-refractivity contribution in [1.29, 1.82) is 0 Å². The van der Waals surface area contributed by atoms with E-state index in [1.165, 1.54) is 16.4 Å². The number of sulfonamides is 1. The van der Waals surface area contributed by atoms with Gasteiger partial charge in [-0.2, -0.15) is 4.31 Å². The van der Waals surface area contributed by atoms with Gasteiger partial charge in [-0.1, -0.05) is 6.42 Å². The van der Waals surface area contributed by atoms with Gasteiger partial charge in [-0.05, 0) is 56.4 Å². The SMILES string of the molecule is Cc1cc(F)cc(C)c1S(=O)(=O)N1CCCCC1CCO. The Balaban J connectivity index is 2.45. The lowest BCUT2D eigenvalue weighted by atomic mass is 10.0. The van der Waals surface area contributed by atoms with Crippen molar-refractivity contribution < 1.29 is 17.9 Å². The molecule has 1 aromatic rings. The summed E-state index contributed by atoms with van der Waals surface area (Å²) in [7, 11) is -3.66. The summed E-state index contributed by atoms with van der Waals surface area (Å²) in [5.74, 6) is -0.422. The van der Waals surface area contributed by atoms with Crippen LogP contribution in [0.4, 0.5) is 4.39 Å². The molecule has 0 amide bonds. The standard InChI is InChI=1S/C15H22FNO3S/c1-11-9-13(16)10-12(2)15(11)21(19,20)17-7-4-3-5-14(17)6-8-18/h9-10,14,18H,3-8H2,1-2H3. The fraction of sp³-hybridized carbons (Fsp3) is 0.600. The zero-order chi connectivity index (χ0) is 15.6. The lowest BCUT2D eigenvalue weighted by Crippen LogP contribution is -2.44. The zero-order valence-corrected chi connectivity index (χ0v) is 13.3. The molecule has 1 aromatic carbocycles. The molecule has 0 aromatic heterocycles. The van der Waals surface area contributed by atoms with Crippen molar-refractivity contribution in [2.24, 2.45) is 0 Å². The maximum atomic E-state index is 13.4. The van der Waals surface area contributed by atoms with E-state index >= 15 is 0 Å². The number of aliphatic hydroxyl groups is 1. The third-order valence-corrected chi connectivity index (χ3v) is 6.29. The van der Waals surface area contributed by atoms with E-state index in [1.54, 1.807) is 13.8 Å². The minimum absolute atomic E-state index is 0.0297. The van der Waals surface area contributed by atoms with Gasteiger partial charge in [0.15, 0.2) is 0 Å². The Morgan fingerprint density at radius 3 is 2.48 bits per heavy atom. The van der Waals surface area contributed by atoms with E-state index in [-0.39, 0.29) is 17.5 Å². The number of aryl methyl sites for hydroxylation is 2. The second-order valence-corrected chi connectivity index (χ2v) is 7.47. The first-order chi connectivity index (χ1) is 9.87. The number of hydrogen-bond donors (Lipinski definition) is 1. The fourth-order valence-corrected chi connectivity index (χ4v) is 5.29. The Morgan fingerprint density at radius 2 is 1.90 bits per heavy atom. The average Bonchev–Trinajstić information content (AvgIpc) is 2.37. The monoisotopic (exact) mass is 315 g/mol. The lowest BCUT2D eigenvalue weighted by Gasteiger charge is -2.35. The molecule has 1 saturated heterocycles. The Kier molecular flexibility index (Phi) is 5.01. The molecular formula is C15H22FNO3S. The second kappa shape index (κ2) is 6.42. The molecule has 0 radical (unpaired) electrons. The zero-order valence-electron chi connectivity index (χ0n) is 12.5. The van der Waals surface area contributed by atoms with Gasteiger partial charge in [0.1, 0.15) is 5.82 Å². The Hall–Kier alpha value is -0.980. The predicted octanol–water partition coefficient (Wildman–Crippen LogP) is 2.37. The van der Waals surface area contributed by atoms with E-state index < -0.39 is 15.8 Å². The van der Waals surface area contributed by atoms with Crippen molar-refractivity contribution >= 4 is 10.0 Å². The largest absolute Gasteiger partial charge is 0.396 e. The quantitative estimate of drug-likeness (QED) is 0.928. The van der Waals surface area contributed by atoms with Crippen LogP contribution in [0.25, 0.3) is 0 Å². The number of rotatable bonds is 4. The molecule has 6 heteroatoms. The van der Waals surface area contributed by atoms with Crippen LogP contribution >= 0.6 is 0 Å². The van der Waals surface area contributed by atoms with Crippen molar-refractivity contribution in [3.8, 4) is 0 Å². The molecule has 1 heterocycles. The molecule has 1 aliphatic heterocycles. The normalized spacial score (nSPS) is 20.7. The van der Waals surface area contributed by atoms with Crippen LogP contribution in [0.5, 0.6) is 0 Å². The summed E-state index contributed by atoms with van der Waals surface area (Å²) in [6.45, 7) is 3.67. The van der Waals surface area contributed by atoms with Crippen LogP contribution < -0.4 is 0 Å². The van der Waals surface area contributed by atoms with Crippen molar-refractivity contribution in [1.82, 2.24) is 4.31 Å². The first kappa shape index (κ1) is 16.4. The first-order valence-corrected chi connectivity index (χ1v) is 8.71. The minimum Gasteiger partial charge on any atom is -0.396 e. The molecule has 4 nitrogen and oxygen atoms in total. The molecule has 0 saturated carbocycles. The van der Waals surface area contributed by atoms with Crippen LogP contribution in [0.2, 0.25) is 0 Å². The van der Waals surface area contributed by atoms with E-state index in [2.05, 4.69) is 0 Å². The van der Waals surface area contributed by atoms with Gasteiger partial charge >= 0.3 is 0 Å². The molecule has 1 N–H and O–H groups in total. The van der Waals surface area contributed by atoms with E-state index in [4.69, 9.17) is 5.11 Å². The van der Waals surface area contributed by atoms with Gasteiger partial charge in [-0.25, -0.2) is 12.8 Å². The highest BCUT2D eigenvalue weighted by Crippen LogP contribution is 2.30. The average molecular weight is 315 g/mol. The second-order valence-electron chi connectivity index (χ2n) is 5.65. The fourth-order valence-electron chi connectivity index (χ4n) is 3.15. The van der Waals surface area contributed by atoms with Crippen LogP contribution in [0, 0.1) is 19.7 Å². The molecule has 1 atom stereocenters. The maximum Gasteiger partial charge on any atom is 0.243 e. The predicted molar refractivity (Wildman–Crippen MR) is 79.1 cm³/mol. The third-order valence-electron chi connectivity index (χ3n) is 4.03. The number of nitrogens with zero attached hydrogens (tertiary/aromatic N) is 1.